The second-order valence-corrected chi connectivity index (χ2v) is 24.0. The van der Waals surface area contributed by atoms with Crippen LogP contribution in [0, 0.1) is 0 Å². The number of aromatic nitrogens is 4. The number of pyridine rings is 2. The van der Waals surface area contributed by atoms with Crippen LogP contribution >= 0.6 is 0 Å². The fraction of sp³-hybridized carbons (Fsp3) is 0.0526. The number of furan rings is 2. The van der Waals surface area contributed by atoms with Crippen molar-refractivity contribution in [3.8, 4) is 11.1 Å². The number of Topliss-reactive ketones (excluding diaryl/α,β-unsaturated/α-hetero) is 2. The summed E-state index contributed by atoms with van der Waals surface area (Å²) in [5.41, 5.74) is 25.3. The lowest BCUT2D eigenvalue weighted by atomic mass is 9.72. The Morgan fingerprint density at radius 3 is 1.06 bits per heavy atom. The molecule has 386 valence electrons. The summed E-state index contributed by atoms with van der Waals surface area (Å²) in [6, 6.07) is 69.0. The molecule has 0 fully saturated rings. The maximum absolute atomic E-state index is 15.5. The molecule has 0 unspecified atom stereocenters. The van der Waals surface area contributed by atoms with Gasteiger partial charge in [-0.1, -0.05) is 121 Å². The molecule has 8 aromatic heterocycles. The zero-order valence-electron chi connectivity index (χ0n) is 44.4. The summed E-state index contributed by atoms with van der Waals surface area (Å²) >= 11 is 0. The van der Waals surface area contributed by atoms with Gasteiger partial charge in [-0.15, -0.1) is 0 Å². The van der Waals surface area contributed by atoms with E-state index in [-0.39, 0.29) is 23.4 Å². The number of rotatable bonds is 1. The van der Waals surface area contributed by atoms with E-state index in [1.165, 1.54) is 22.3 Å². The molecule has 0 N–H and O–H groups in total. The Hall–Kier alpha value is -11.0. The maximum Gasteiger partial charge on any atom is 0.175 e. The highest BCUT2D eigenvalue weighted by Crippen LogP contribution is 2.57. The van der Waals surface area contributed by atoms with Crippen molar-refractivity contribution in [2.24, 2.45) is 0 Å². The van der Waals surface area contributed by atoms with Crippen LogP contribution in [0.5, 0.6) is 0 Å². The lowest BCUT2D eigenvalue weighted by Crippen LogP contribution is -2.19. The summed E-state index contributed by atoms with van der Waals surface area (Å²) in [7, 11) is 0. The second-order valence-electron chi connectivity index (χ2n) is 24.0. The Balaban J connectivity index is 0.888. The first kappa shape index (κ1) is 42.9. The average molecular weight is 1070 g/mol. The third-order valence-electron chi connectivity index (χ3n) is 20.3. The normalized spacial score (nSPS) is 17.8. The molecule has 8 heteroatoms. The van der Waals surface area contributed by atoms with Gasteiger partial charge in [-0.25, -0.2) is 9.97 Å². The van der Waals surface area contributed by atoms with Crippen molar-refractivity contribution in [3.05, 3.63) is 273 Å². The lowest BCUT2D eigenvalue weighted by Gasteiger charge is -2.30. The van der Waals surface area contributed by atoms with E-state index >= 15 is 9.59 Å². The van der Waals surface area contributed by atoms with Crippen LogP contribution in [-0.4, -0.2) is 30.3 Å². The van der Waals surface area contributed by atoms with E-state index in [1.807, 2.05) is 48.8 Å². The second kappa shape index (κ2) is 14.4. The number of benzene rings is 10. The third kappa shape index (κ3) is 4.81. The molecule has 6 aliphatic rings. The molecule has 18 aromatic rings. The van der Waals surface area contributed by atoms with Crippen LogP contribution in [0.3, 0.4) is 0 Å². The van der Waals surface area contributed by atoms with Crippen LogP contribution in [0.1, 0.15) is 100 Å². The molecule has 0 radical (unpaired) electrons. The van der Waals surface area contributed by atoms with Crippen LogP contribution in [-0.2, 0) is 0 Å². The van der Waals surface area contributed by atoms with Gasteiger partial charge in [-0.05, 0) is 140 Å². The summed E-state index contributed by atoms with van der Waals surface area (Å²) in [5, 5.41) is 10.3. The smallest absolute Gasteiger partial charge is 0.175 e. The quantitative estimate of drug-likeness (QED) is 0.163. The van der Waals surface area contributed by atoms with E-state index in [1.54, 1.807) is 0 Å². The minimum atomic E-state index is -0.404. The van der Waals surface area contributed by atoms with E-state index in [2.05, 4.69) is 167 Å². The van der Waals surface area contributed by atoms with Crippen molar-refractivity contribution >= 4 is 132 Å². The molecule has 6 aliphatic carbocycles. The van der Waals surface area contributed by atoms with Crippen LogP contribution in [0.15, 0.2) is 215 Å². The predicted octanol–water partition coefficient (Wildman–Crippen LogP) is 17.9. The molecule has 0 spiro atoms. The highest BCUT2D eigenvalue weighted by molar-refractivity contribution is 6.33. The average Bonchev–Trinajstić information content (AvgIpc) is 1.80. The first-order valence-electron chi connectivity index (χ1n) is 28.9. The van der Waals surface area contributed by atoms with Gasteiger partial charge in [0.2, 0.25) is 0 Å². The summed E-state index contributed by atoms with van der Waals surface area (Å²) in [6.45, 7) is 0. The molecule has 10 aromatic carbocycles. The molecule has 84 heavy (non-hydrogen) atoms. The zero-order chi connectivity index (χ0) is 54.3. The van der Waals surface area contributed by atoms with E-state index in [0.29, 0.717) is 0 Å². The monoisotopic (exact) mass is 1070 g/mol. The van der Waals surface area contributed by atoms with Gasteiger partial charge in [0.15, 0.2) is 22.7 Å². The minimum Gasteiger partial charge on any atom is -0.454 e. The topological polar surface area (TPSA) is 95.0 Å². The molecule has 24 rings (SSSR count). The van der Waals surface area contributed by atoms with Gasteiger partial charge >= 0.3 is 0 Å². The van der Waals surface area contributed by atoms with Crippen LogP contribution in [0.2, 0.25) is 0 Å². The van der Waals surface area contributed by atoms with Crippen molar-refractivity contribution in [1.29, 1.82) is 0 Å². The number of hydrogen-bond donors (Lipinski definition) is 0. The lowest BCUT2D eigenvalue weighted by molar-refractivity contribution is 0.0966. The maximum atomic E-state index is 15.5. The van der Waals surface area contributed by atoms with Gasteiger partial charge < -0.3 is 17.6 Å². The van der Waals surface area contributed by atoms with Crippen molar-refractivity contribution in [3.63, 3.8) is 0 Å². The summed E-state index contributed by atoms with van der Waals surface area (Å²) in [5.74, 6) is -0.808. The fourth-order valence-corrected chi connectivity index (χ4v) is 17.0. The van der Waals surface area contributed by atoms with Gasteiger partial charge in [0, 0.05) is 66.1 Å². The number of nitrogens with zero attached hydrogens (tertiary/aromatic N) is 4. The summed E-state index contributed by atoms with van der Waals surface area (Å²) in [6.07, 6.45) is 4.01. The van der Waals surface area contributed by atoms with Gasteiger partial charge in [-0.3, -0.25) is 9.59 Å². The first-order valence-corrected chi connectivity index (χ1v) is 28.9. The fourth-order valence-electron chi connectivity index (χ4n) is 17.0. The van der Waals surface area contributed by atoms with Crippen LogP contribution in [0.25, 0.3) is 131 Å². The van der Waals surface area contributed by atoms with Gasteiger partial charge in [-0.2, -0.15) is 0 Å². The number of fused-ring (bicyclic) bond motifs is 20. The number of hydrogen-bond acceptors (Lipinski definition) is 6. The van der Waals surface area contributed by atoms with E-state index < -0.39 is 11.8 Å². The van der Waals surface area contributed by atoms with E-state index in [0.717, 1.165) is 176 Å². The summed E-state index contributed by atoms with van der Waals surface area (Å²) in [4.78, 5) is 41.4. The van der Waals surface area contributed by atoms with Gasteiger partial charge in [0.25, 0.3) is 0 Å². The standard InChI is InChI=1S/C76H38N4O4/c81-73-53-31-57-47(29-49(53)63-37-13-1-5-17-41(37)65(73)42-18-6-2-14-38(42)63)51-25-35(27-55-67-59(79(57)71(51)55)33-77-69-45-21-9-11-23-61(45)83-75(67)69)36-26-52-48-30-50-54(74(82)66-43-19-7-3-15-39(43)64(50)40-16-4-8-20-44(40)66)32-58(48)80-60-34-78-70-46-22-10-12-24-62(46)84-76(70)68(60)56(28-36)72(52)80/h1-34,63-66H. The van der Waals surface area contributed by atoms with Gasteiger partial charge in [0.1, 0.15) is 22.2 Å². The number of para-hydroxylation sites is 2. The van der Waals surface area contributed by atoms with Crippen molar-refractivity contribution < 1.29 is 18.4 Å². The van der Waals surface area contributed by atoms with Crippen molar-refractivity contribution in [2.45, 2.75) is 23.7 Å². The van der Waals surface area contributed by atoms with E-state index in [4.69, 9.17) is 18.8 Å². The molecule has 0 amide bonds. The summed E-state index contributed by atoms with van der Waals surface area (Å²) < 4.78 is 18.5. The van der Waals surface area contributed by atoms with Crippen molar-refractivity contribution in [1.82, 2.24) is 18.8 Å². The molecule has 0 aliphatic heterocycles. The van der Waals surface area contributed by atoms with Crippen LogP contribution < -0.4 is 0 Å². The Morgan fingerprint density at radius 1 is 0.321 bits per heavy atom. The molecule has 0 atom stereocenters. The minimum absolute atomic E-state index is 0.122. The number of carbonyl (C=O) groups excluding carboxylic acids is 2. The highest BCUT2D eigenvalue weighted by atomic mass is 16.3. The molecular formula is C76H38N4O4. The molecule has 8 nitrogen and oxygen atoms in total. The molecule has 4 bridgehead atoms. The van der Waals surface area contributed by atoms with Crippen LogP contribution in [0.4, 0.5) is 0 Å². The largest absolute Gasteiger partial charge is 0.454 e. The van der Waals surface area contributed by atoms with E-state index in [9.17, 15) is 0 Å². The molecule has 8 heterocycles. The number of ketones is 2. The van der Waals surface area contributed by atoms with Crippen molar-refractivity contribution in [2.75, 3.05) is 0 Å². The Bertz CT molecular complexity index is 5730. The molecular weight excluding hydrogens is 1030 g/mol. The Morgan fingerprint density at radius 2 is 0.667 bits per heavy atom. The Labute approximate surface area is 474 Å². The molecule has 0 saturated heterocycles. The Kier molecular flexibility index (Phi) is 7.33. The SMILES string of the molecule is O=C1c2cc3c(cc2C2c4ccccc4C1c1ccccc12)c1cc(-c2cc4c5cc6c(cc5n5c7cnc8c9ccccc9oc8c7c(c2)c45)C(=O)C2c4ccccc4C6c4ccccc42)cc2c4c5oc6ccccc6c5ncc4n3c12. The number of carbonyl (C=O) groups is 2. The zero-order valence-corrected chi connectivity index (χ0v) is 44.4. The van der Waals surface area contributed by atoms with Gasteiger partial charge in [0.05, 0.1) is 68.1 Å². The highest BCUT2D eigenvalue weighted by Gasteiger charge is 2.45. The third-order valence-corrected chi connectivity index (χ3v) is 20.3. The predicted molar refractivity (Wildman–Crippen MR) is 331 cm³/mol. The first-order chi connectivity index (χ1) is 41.5. The molecule has 0 saturated carbocycles.